The molecule has 0 aliphatic carbocycles. The zero-order chi connectivity index (χ0) is 9.84. The van der Waals surface area contributed by atoms with Crippen molar-refractivity contribution in [2.75, 3.05) is 12.0 Å². The summed E-state index contributed by atoms with van der Waals surface area (Å²) in [5.74, 6) is 0.807. The first-order chi connectivity index (χ1) is 6.24. The van der Waals surface area contributed by atoms with E-state index in [-0.39, 0.29) is 0 Å². The largest absolute Gasteiger partial charge is 0.383 e. The van der Waals surface area contributed by atoms with Crippen molar-refractivity contribution in [1.29, 1.82) is 0 Å². The Labute approximate surface area is 83.7 Å². The summed E-state index contributed by atoms with van der Waals surface area (Å²) in [5.41, 5.74) is 5.95. The van der Waals surface area contributed by atoms with Crippen LogP contribution in [0.4, 0.5) is 5.82 Å². The summed E-state index contributed by atoms with van der Waals surface area (Å²) >= 11 is 1.65. The van der Waals surface area contributed by atoms with Crippen LogP contribution in [-0.2, 0) is 0 Å². The molecule has 0 aliphatic rings. The molecule has 0 saturated heterocycles. The molecule has 0 aromatic carbocycles. The second-order valence-corrected chi connectivity index (χ2v) is 3.86. The summed E-state index contributed by atoms with van der Waals surface area (Å²) in [7, 11) is 0. The number of hydrogen-bond donors (Lipinski definition) is 1. The Morgan fingerprint density at radius 1 is 1.54 bits per heavy atom. The molecule has 1 rings (SSSR count). The van der Waals surface area contributed by atoms with Gasteiger partial charge in [0.2, 0.25) is 0 Å². The Morgan fingerprint density at radius 2 is 2.15 bits per heavy atom. The molecule has 0 amide bonds. The molecule has 0 saturated carbocycles. The Balaban J connectivity index is 2.93. The van der Waals surface area contributed by atoms with Crippen LogP contribution in [0.15, 0.2) is 11.1 Å². The molecule has 1 aromatic heterocycles. The lowest BCUT2D eigenvalue weighted by Gasteiger charge is -2.14. The molecule has 4 heteroatoms. The van der Waals surface area contributed by atoms with Crippen molar-refractivity contribution in [2.45, 2.75) is 37.6 Å². The van der Waals surface area contributed by atoms with Crippen LogP contribution in [0.1, 0.15) is 32.7 Å². The van der Waals surface area contributed by atoms with E-state index in [1.807, 2.05) is 17.1 Å². The van der Waals surface area contributed by atoms with E-state index in [0.717, 1.165) is 23.6 Å². The maximum absolute atomic E-state index is 5.95. The SMILES string of the molecule is CCC(CC)n1ncc(SC)c1N. The Morgan fingerprint density at radius 3 is 2.54 bits per heavy atom. The van der Waals surface area contributed by atoms with E-state index in [1.54, 1.807) is 11.8 Å². The average molecular weight is 199 g/mol. The lowest BCUT2D eigenvalue weighted by molar-refractivity contribution is 0.434. The minimum absolute atomic E-state index is 0.445. The summed E-state index contributed by atoms with van der Waals surface area (Å²) in [5, 5.41) is 4.30. The van der Waals surface area contributed by atoms with Gasteiger partial charge in [0.05, 0.1) is 17.1 Å². The van der Waals surface area contributed by atoms with Crippen LogP contribution >= 0.6 is 11.8 Å². The van der Waals surface area contributed by atoms with Crippen LogP contribution < -0.4 is 5.73 Å². The van der Waals surface area contributed by atoms with Gasteiger partial charge in [0.25, 0.3) is 0 Å². The highest BCUT2D eigenvalue weighted by Crippen LogP contribution is 2.26. The second kappa shape index (κ2) is 4.56. The predicted octanol–water partition coefficient (Wildman–Crippen LogP) is 2.55. The topological polar surface area (TPSA) is 43.8 Å². The first-order valence-electron chi connectivity index (χ1n) is 4.61. The van der Waals surface area contributed by atoms with E-state index >= 15 is 0 Å². The third kappa shape index (κ3) is 1.99. The maximum atomic E-state index is 5.95. The van der Waals surface area contributed by atoms with Crippen molar-refractivity contribution in [1.82, 2.24) is 9.78 Å². The minimum Gasteiger partial charge on any atom is -0.383 e. The van der Waals surface area contributed by atoms with Gasteiger partial charge in [-0.3, -0.25) is 0 Å². The second-order valence-electron chi connectivity index (χ2n) is 3.01. The van der Waals surface area contributed by atoms with E-state index in [1.165, 1.54) is 0 Å². The first kappa shape index (κ1) is 10.4. The lowest BCUT2D eigenvalue weighted by atomic mass is 10.2. The maximum Gasteiger partial charge on any atom is 0.135 e. The predicted molar refractivity (Wildman–Crippen MR) is 58.0 cm³/mol. The van der Waals surface area contributed by atoms with Crippen LogP contribution in [0, 0.1) is 0 Å². The number of nitrogens with two attached hydrogens (primary N) is 1. The fourth-order valence-electron chi connectivity index (χ4n) is 1.44. The van der Waals surface area contributed by atoms with Gasteiger partial charge in [-0.1, -0.05) is 13.8 Å². The van der Waals surface area contributed by atoms with Gasteiger partial charge in [0.1, 0.15) is 5.82 Å². The number of thioether (sulfide) groups is 1. The standard InChI is InChI=1S/C9H17N3S/c1-4-7(5-2)12-9(10)8(13-3)6-11-12/h6-7H,4-5,10H2,1-3H3. The monoisotopic (exact) mass is 199 g/mol. The molecule has 74 valence electrons. The molecule has 3 nitrogen and oxygen atoms in total. The summed E-state index contributed by atoms with van der Waals surface area (Å²) < 4.78 is 1.94. The van der Waals surface area contributed by atoms with Crippen LogP contribution in [-0.4, -0.2) is 16.0 Å². The molecule has 0 unspecified atom stereocenters. The van der Waals surface area contributed by atoms with Gasteiger partial charge in [-0.15, -0.1) is 11.8 Å². The Kier molecular flexibility index (Phi) is 3.66. The number of rotatable bonds is 4. The molecule has 0 spiro atoms. The van der Waals surface area contributed by atoms with E-state index in [0.29, 0.717) is 6.04 Å². The molecule has 0 aliphatic heterocycles. The van der Waals surface area contributed by atoms with Crippen LogP contribution in [0.3, 0.4) is 0 Å². The van der Waals surface area contributed by atoms with Gasteiger partial charge in [0.15, 0.2) is 0 Å². The smallest absolute Gasteiger partial charge is 0.135 e. The van der Waals surface area contributed by atoms with E-state index in [4.69, 9.17) is 5.73 Å². The summed E-state index contributed by atoms with van der Waals surface area (Å²) in [6, 6.07) is 0.445. The summed E-state index contributed by atoms with van der Waals surface area (Å²) in [4.78, 5) is 1.08. The zero-order valence-corrected chi connectivity index (χ0v) is 9.27. The number of hydrogen-bond acceptors (Lipinski definition) is 3. The van der Waals surface area contributed by atoms with Gasteiger partial charge in [0, 0.05) is 0 Å². The molecule has 0 fully saturated rings. The molecular weight excluding hydrogens is 182 g/mol. The normalized spacial score (nSPS) is 11.1. The highest BCUT2D eigenvalue weighted by atomic mass is 32.2. The van der Waals surface area contributed by atoms with Crippen molar-refractivity contribution < 1.29 is 0 Å². The number of aromatic nitrogens is 2. The lowest BCUT2D eigenvalue weighted by Crippen LogP contribution is -2.11. The molecule has 1 aromatic rings. The van der Waals surface area contributed by atoms with Crippen molar-refractivity contribution in [3.8, 4) is 0 Å². The molecule has 13 heavy (non-hydrogen) atoms. The third-order valence-corrected chi connectivity index (χ3v) is 3.06. The molecule has 2 N–H and O–H groups in total. The Bertz CT molecular complexity index is 266. The quantitative estimate of drug-likeness (QED) is 0.758. The first-order valence-corrected chi connectivity index (χ1v) is 5.84. The van der Waals surface area contributed by atoms with Gasteiger partial charge in [-0.25, -0.2) is 4.68 Å². The van der Waals surface area contributed by atoms with Crippen molar-refractivity contribution >= 4 is 17.6 Å². The highest BCUT2D eigenvalue weighted by Gasteiger charge is 2.12. The average Bonchev–Trinajstić information content (AvgIpc) is 2.50. The molecule has 0 bridgehead atoms. The van der Waals surface area contributed by atoms with E-state index in [9.17, 15) is 0 Å². The van der Waals surface area contributed by atoms with Gasteiger partial charge in [-0.2, -0.15) is 5.10 Å². The fourth-order valence-corrected chi connectivity index (χ4v) is 1.89. The molecule has 1 heterocycles. The zero-order valence-electron chi connectivity index (χ0n) is 8.45. The summed E-state index contributed by atoms with van der Waals surface area (Å²) in [6.07, 6.45) is 6.02. The van der Waals surface area contributed by atoms with Crippen molar-refractivity contribution in [3.05, 3.63) is 6.20 Å². The Hall–Kier alpha value is -0.640. The number of anilines is 1. The number of nitrogens with zero attached hydrogens (tertiary/aromatic N) is 2. The van der Waals surface area contributed by atoms with E-state index in [2.05, 4.69) is 18.9 Å². The number of nitrogen functional groups attached to an aromatic ring is 1. The summed E-state index contributed by atoms with van der Waals surface area (Å²) in [6.45, 7) is 4.32. The molecule has 0 radical (unpaired) electrons. The van der Waals surface area contributed by atoms with Crippen molar-refractivity contribution in [2.24, 2.45) is 0 Å². The van der Waals surface area contributed by atoms with Crippen LogP contribution in [0.2, 0.25) is 0 Å². The van der Waals surface area contributed by atoms with Gasteiger partial charge < -0.3 is 5.73 Å². The molecular formula is C9H17N3S. The van der Waals surface area contributed by atoms with Crippen LogP contribution in [0.25, 0.3) is 0 Å². The van der Waals surface area contributed by atoms with Crippen LogP contribution in [0.5, 0.6) is 0 Å². The third-order valence-electron chi connectivity index (χ3n) is 2.31. The van der Waals surface area contributed by atoms with Gasteiger partial charge >= 0.3 is 0 Å². The minimum atomic E-state index is 0.445. The van der Waals surface area contributed by atoms with E-state index < -0.39 is 0 Å². The fraction of sp³-hybridized carbons (Fsp3) is 0.667. The van der Waals surface area contributed by atoms with Gasteiger partial charge in [-0.05, 0) is 19.1 Å². The highest BCUT2D eigenvalue weighted by molar-refractivity contribution is 7.98. The molecule has 0 atom stereocenters. The van der Waals surface area contributed by atoms with Crippen molar-refractivity contribution in [3.63, 3.8) is 0 Å².